The molecular weight excluding hydrogens is 463 g/mol. The molecule has 0 spiro atoms. The predicted octanol–water partition coefficient (Wildman–Crippen LogP) is 3.92. The summed E-state index contributed by atoms with van der Waals surface area (Å²) in [6.07, 6.45) is 0.680. The lowest BCUT2D eigenvalue weighted by Gasteiger charge is -2.33. The van der Waals surface area contributed by atoms with Crippen molar-refractivity contribution >= 4 is 11.8 Å². The molecule has 0 unspecified atom stereocenters. The van der Waals surface area contributed by atoms with Gasteiger partial charge in [0, 0.05) is 57.6 Å². The number of carbonyl (C=O) groups excluding carboxylic acids is 1. The first kappa shape index (κ1) is 25.7. The van der Waals surface area contributed by atoms with E-state index in [1.165, 1.54) is 12.1 Å². The predicted molar refractivity (Wildman–Crippen MR) is 136 cm³/mol. The summed E-state index contributed by atoms with van der Waals surface area (Å²) in [6, 6.07) is 13.3. The maximum absolute atomic E-state index is 13.6. The van der Waals surface area contributed by atoms with Crippen molar-refractivity contribution in [1.29, 1.82) is 0 Å². The molecule has 4 rings (SSSR count). The van der Waals surface area contributed by atoms with Gasteiger partial charge in [0.15, 0.2) is 0 Å². The Morgan fingerprint density at radius 3 is 2.39 bits per heavy atom. The van der Waals surface area contributed by atoms with Crippen LogP contribution >= 0.6 is 0 Å². The third kappa shape index (κ3) is 6.03. The minimum atomic E-state index is -0.320. The Hall–Kier alpha value is -3.43. The fraction of sp³-hybridized carbons (Fsp3) is 0.407. The summed E-state index contributed by atoms with van der Waals surface area (Å²) in [5.41, 5.74) is 2.73. The summed E-state index contributed by atoms with van der Waals surface area (Å²) < 4.78 is 30.0. The van der Waals surface area contributed by atoms with Gasteiger partial charge >= 0.3 is 0 Å². The number of halogens is 1. The Morgan fingerprint density at radius 1 is 1.06 bits per heavy atom. The van der Waals surface area contributed by atoms with Gasteiger partial charge in [0.2, 0.25) is 5.88 Å². The standard InChI is InChI=1S/C27H33FN4O4/c1-30-14-16-31(17-15-30)27-24(25(29-36-27)20-5-9-22(28)10-6-20)19-32(13-4-18-34-2)26(33)21-7-11-23(35-3)12-8-21/h5-12H,4,13-19H2,1-3H3. The highest BCUT2D eigenvalue weighted by atomic mass is 19.1. The Labute approximate surface area is 211 Å². The molecule has 0 atom stereocenters. The first-order valence-corrected chi connectivity index (χ1v) is 12.1. The van der Waals surface area contributed by atoms with Gasteiger partial charge < -0.3 is 28.7 Å². The van der Waals surface area contributed by atoms with Crippen molar-refractivity contribution in [3.8, 4) is 17.0 Å². The third-order valence-corrected chi connectivity index (χ3v) is 6.43. The van der Waals surface area contributed by atoms with E-state index in [0.717, 1.165) is 37.3 Å². The van der Waals surface area contributed by atoms with E-state index in [2.05, 4.69) is 22.0 Å². The van der Waals surface area contributed by atoms with Gasteiger partial charge in [0.25, 0.3) is 5.91 Å². The van der Waals surface area contributed by atoms with Crippen LogP contribution in [0.15, 0.2) is 53.1 Å². The molecule has 1 amide bonds. The fourth-order valence-corrected chi connectivity index (χ4v) is 4.29. The van der Waals surface area contributed by atoms with Crippen molar-refractivity contribution in [3.63, 3.8) is 0 Å². The lowest BCUT2D eigenvalue weighted by atomic mass is 10.1. The summed E-state index contributed by atoms with van der Waals surface area (Å²) >= 11 is 0. The number of benzene rings is 2. The minimum Gasteiger partial charge on any atom is -0.497 e. The van der Waals surface area contributed by atoms with Crippen LogP contribution in [0.1, 0.15) is 22.3 Å². The molecule has 1 fully saturated rings. The molecule has 1 saturated heterocycles. The van der Waals surface area contributed by atoms with Gasteiger partial charge in [-0.15, -0.1) is 0 Å². The van der Waals surface area contributed by atoms with E-state index < -0.39 is 0 Å². The van der Waals surface area contributed by atoms with Crippen molar-refractivity contribution in [2.45, 2.75) is 13.0 Å². The first-order valence-electron chi connectivity index (χ1n) is 12.1. The van der Waals surface area contributed by atoms with Gasteiger partial charge in [-0.1, -0.05) is 5.16 Å². The van der Waals surface area contributed by atoms with Crippen LogP contribution in [0.5, 0.6) is 5.75 Å². The van der Waals surface area contributed by atoms with Crippen molar-refractivity contribution in [2.24, 2.45) is 0 Å². The van der Waals surface area contributed by atoms with Crippen molar-refractivity contribution in [2.75, 3.05) is 65.5 Å². The zero-order valence-electron chi connectivity index (χ0n) is 21.1. The second-order valence-electron chi connectivity index (χ2n) is 8.91. The van der Waals surface area contributed by atoms with Crippen LogP contribution in [-0.4, -0.2) is 81.5 Å². The van der Waals surface area contributed by atoms with Crippen molar-refractivity contribution < 1.29 is 23.2 Å². The average molecular weight is 497 g/mol. The Balaban J connectivity index is 1.69. The molecule has 1 aliphatic rings. The maximum atomic E-state index is 13.6. The van der Waals surface area contributed by atoms with Crippen molar-refractivity contribution in [3.05, 3.63) is 65.5 Å². The topological polar surface area (TPSA) is 71.3 Å². The molecule has 3 aromatic rings. The van der Waals surface area contributed by atoms with E-state index in [-0.39, 0.29) is 11.7 Å². The maximum Gasteiger partial charge on any atom is 0.254 e. The monoisotopic (exact) mass is 496 g/mol. The van der Waals surface area contributed by atoms with E-state index >= 15 is 0 Å². The number of methoxy groups -OCH3 is 2. The summed E-state index contributed by atoms with van der Waals surface area (Å²) in [6.45, 7) is 4.70. The van der Waals surface area contributed by atoms with Gasteiger partial charge in [-0.2, -0.15) is 0 Å². The highest BCUT2D eigenvalue weighted by Crippen LogP contribution is 2.33. The Morgan fingerprint density at radius 2 is 1.75 bits per heavy atom. The van der Waals surface area contributed by atoms with Crippen molar-refractivity contribution in [1.82, 2.24) is 15.0 Å². The molecule has 36 heavy (non-hydrogen) atoms. The second-order valence-corrected chi connectivity index (χ2v) is 8.91. The van der Waals surface area contributed by atoms with Gasteiger partial charge in [0.1, 0.15) is 17.3 Å². The molecule has 9 heteroatoms. The summed E-state index contributed by atoms with van der Waals surface area (Å²) in [5.74, 6) is 0.914. The van der Waals surface area contributed by atoms with Gasteiger partial charge in [0.05, 0.1) is 19.2 Å². The molecule has 0 saturated carbocycles. The smallest absolute Gasteiger partial charge is 0.254 e. The number of piperazine rings is 1. The quantitative estimate of drug-likeness (QED) is 0.394. The molecule has 8 nitrogen and oxygen atoms in total. The number of hydrogen-bond donors (Lipinski definition) is 0. The fourth-order valence-electron chi connectivity index (χ4n) is 4.29. The highest BCUT2D eigenvalue weighted by molar-refractivity contribution is 5.94. The summed E-state index contributed by atoms with van der Waals surface area (Å²) in [7, 11) is 5.33. The molecule has 0 radical (unpaired) electrons. The largest absolute Gasteiger partial charge is 0.497 e. The van der Waals surface area contributed by atoms with Crippen LogP contribution in [0.25, 0.3) is 11.3 Å². The molecule has 2 heterocycles. The number of rotatable bonds is 10. The summed E-state index contributed by atoms with van der Waals surface area (Å²) in [4.78, 5) is 19.8. The first-order chi connectivity index (χ1) is 17.5. The SMILES string of the molecule is COCCCN(Cc1c(-c2ccc(F)cc2)noc1N1CCN(C)CC1)C(=O)c1ccc(OC)cc1. The van der Waals surface area contributed by atoms with Crippen LogP contribution in [0.3, 0.4) is 0 Å². The molecule has 1 aromatic heterocycles. The zero-order chi connectivity index (χ0) is 25.5. The summed E-state index contributed by atoms with van der Waals surface area (Å²) in [5, 5.41) is 4.38. The van der Waals surface area contributed by atoms with E-state index in [1.54, 1.807) is 55.5 Å². The number of aromatic nitrogens is 1. The molecule has 0 aliphatic carbocycles. The van der Waals surface area contributed by atoms with Crippen LogP contribution in [0, 0.1) is 5.82 Å². The van der Waals surface area contributed by atoms with Crippen LogP contribution in [-0.2, 0) is 11.3 Å². The molecule has 0 bridgehead atoms. The molecular formula is C27H33FN4O4. The lowest BCUT2D eigenvalue weighted by molar-refractivity contribution is 0.0724. The number of amides is 1. The van der Waals surface area contributed by atoms with E-state index in [1.807, 2.05) is 0 Å². The van der Waals surface area contributed by atoms with Gasteiger partial charge in [-0.3, -0.25) is 4.79 Å². The number of nitrogens with zero attached hydrogens (tertiary/aromatic N) is 4. The second kappa shape index (κ2) is 12.0. The van der Waals surface area contributed by atoms with Gasteiger partial charge in [-0.05, 0) is 62.0 Å². The number of ether oxygens (including phenoxy) is 2. The van der Waals surface area contributed by atoms with Gasteiger partial charge in [-0.25, -0.2) is 4.39 Å². The third-order valence-electron chi connectivity index (χ3n) is 6.43. The van der Waals surface area contributed by atoms with E-state index in [0.29, 0.717) is 49.0 Å². The zero-order valence-corrected chi connectivity index (χ0v) is 21.1. The highest BCUT2D eigenvalue weighted by Gasteiger charge is 2.28. The molecule has 1 aliphatic heterocycles. The molecule has 0 N–H and O–H groups in total. The number of likely N-dealkylation sites (N-methyl/N-ethyl adjacent to an activating group) is 1. The average Bonchev–Trinajstić information content (AvgIpc) is 3.32. The number of carbonyl (C=O) groups is 1. The molecule has 2 aromatic carbocycles. The minimum absolute atomic E-state index is 0.107. The number of hydrogen-bond acceptors (Lipinski definition) is 7. The Bertz CT molecular complexity index is 1130. The molecule has 192 valence electrons. The van der Waals surface area contributed by atoms with Crippen LogP contribution in [0.2, 0.25) is 0 Å². The Kier molecular flexibility index (Phi) is 8.56. The lowest BCUT2D eigenvalue weighted by Crippen LogP contribution is -2.45. The van der Waals surface area contributed by atoms with Crippen LogP contribution < -0.4 is 9.64 Å². The van der Waals surface area contributed by atoms with E-state index in [9.17, 15) is 9.18 Å². The van der Waals surface area contributed by atoms with Crippen LogP contribution in [0.4, 0.5) is 10.3 Å². The normalized spacial score (nSPS) is 14.2. The van der Waals surface area contributed by atoms with E-state index in [4.69, 9.17) is 14.0 Å². The number of anilines is 1.